The van der Waals surface area contributed by atoms with Crippen LogP contribution in [0.1, 0.15) is 24.8 Å². The summed E-state index contributed by atoms with van der Waals surface area (Å²) < 4.78 is 6.36. The number of methoxy groups -OCH3 is 1. The van der Waals surface area contributed by atoms with Gasteiger partial charge in [-0.25, -0.2) is 0 Å². The van der Waals surface area contributed by atoms with Gasteiger partial charge in [-0.1, -0.05) is 15.9 Å². The van der Waals surface area contributed by atoms with Crippen LogP contribution in [-0.2, 0) is 11.3 Å². The van der Waals surface area contributed by atoms with Crippen molar-refractivity contribution >= 4 is 21.8 Å². The van der Waals surface area contributed by atoms with E-state index in [1.165, 1.54) is 0 Å². The van der Waals surface area contributed by atoms with Crippen LogP contribution in [0, 0.1) is 5.92 Å². The molecule has 0 spiro atoms. The first kappa shape index (κ1) is 16.3. The zero-order valence-electron chi connectivity index (χ0n) is 12.7. The Balaban J connectivity index is 1.95. The van der Waals surface area contributed by atoms with Gasteiger partial charge in [-0.05, 0) is 50.0 Å². The van der Waals surface area contributed by atoms with E-state index in [1.807, 2.05) is 25.2 Å². The maximum atomic E-state index is 12.4. The van der Waals surface area contributed by atoms with Crippen molar-refractivity contribution in [2.45, 2.75) is 25.8 Å². The van der Waals surface area contributed by atoms with Crippen LogP contribution in [0.5, 0.6) is 5.75 Å². The summed E-state index contributed by atoms with van der Waals surface area (Å²) in [6, 6.07) is 5.87. The largest absolute Gasteiger partial charge is 0.496 e. The highest BCUT2D eigenvalue weighted by Crippen LogP contribution is 2.25. The molecule has 5 heteroatoms. The van der Waals surface area contributed by atoms with Gasteiger partial charge in [0.1, 0.15) is 5.75 Å². The van der Waals surface area contributed by atoms with E-state index in [4.69, 9.17) is 4.74 Å². The normalized spacial score (nSPS) is 15.8. The van der Waals surface area contributed by atoms with E-state index >= 15 is 0 Å². The average molecular weight is 355 g/mol. The minimum atomic E-state index is 0.212. The molecule has 1 aliphatic heterocycles. The van der Waals surface area contributed by atoms with E-state index in [1.54, 1.807) is 12.0 Å². The van der Waals surface area contributed by atoms with Crippen molar-refractivity contribution in [2.24, 2.45) is 5.92 Å². The molecule has 0 aliphatic carbocycles. The average Bonchev–Trinajstić information content (AvgIpc) is 2.48. The molecule has 1 amide bonds. The number of hydrogen-bond donors (Lipinski definition) is 1. The number of nitrogens with zero attached hydrogens (tertiary/aromatic N) is 1. The molecule has 0 atom stereocenters. The van der Waals surface area contributed by atoms with Crippen LogP contribution in [0.3, 0.4) is 0 Å². The van der Waals surface area contributed by atoms with Crippen molar-refractivity contribution in [2.75, 3.05) is 27.2 Å². The van der Waals surface area contributed by atoms with E-state index in [-0.39, 0.29) is 5.91 Å². The van der Waals surface area contributed by atoms with Gasteiger partial charge in [-0.2, -0.15) is 0 Å². The molecule has 0 saturated carbocycles. The van der Waals surface area contributed by atoms with E-state index in [0.717, 1.165) is 41.7 Å². The number of carbonyl (C=O) groups is 1. The van der Waals surface area contributed by atoms with E-state index < -0.39 is 0 Å². The summed E-state index contributed by atoms with van der Waals surface area (Å²) in [5.74, 6) is 1.55. The quantitative estimate of drug-likeness (QED) is 0.883. The summed E-state index contributed by atoms with van der Waals surface area (Å²) >= 11 is 3.47. The maximum Gasteiger partial charge on any atom is 0.222 e. The molecule has 21 heavy (non-hydrogen) atoms. The molecule has 0 bridgehead atoms. The predicted molar refractivity (Wildman–Crippen MR) is 87.4 cm³/mol. The Morgan fingerprint density at radius 2 is 2.14 bits per heavy atom. The summed E-state index contributed by atoms with van der Waals surface area (Å²) in [5.41, 5.74) is 1.02. The van der Waals surface area contributed by atoms with E-state index in [9.17, 15) is 4.79 Å². The molecule has 2 rings (SSSR count). The molecule has 0 radical (unpaired) electrons. The third-order valence-corrected chi connectivity index (χ3v) is 4.49. The molecular formula is C16H23BrN2O2. The topological polar surface area (TPSA) is 41.6 Å². The minimum absolute atomic E-state index is 0.212. The zero-order valence-corrected chi connectivity index (χ0v) is 14.3. The second-order valence-electron chi connectivity index (χ2n) is 5.60. The van der Waals surface area contributed by atoms with Crippen molar-refractivity contribution in [1.29, 1.82) is 0 Å². The second kappa shape index (κ2) is 7.80. The van der Waals surface area contributed by atoms with Gasteiger partial charge in [-0.15, -0.1) is 0 Å². The van der Waals surface area contributed by atoms with Crippen LogP contribution < -0.4 is 10.1 Å². The van der Waals surface area contributed by atoms with Gasteiger partial charge >= 0.3 is 0 Å². The number of rotatable bonds is 5. The monoisotopic (exact) mass is 354 g/mol. The molecule has 1 aromatic rings. The van der Waals surface area contributed by atoms with E-state index in [0.29, 0.717) is 18.9 Å². The van der Waals surface area contributed by atoms with Crippen molar-refractivity contribution in [3.63, 3.8) is 0 Å². The maximum absolute atomic E-state index is 12.4. The molecule has 1 N–H and O–H groups in total. The Morgan fingerprint density at radius 1 is 1.43 bits per heavy atom. The fourth-order valence-corrected chi connectivity index (χ4v) is 3.11. The first-order valence-electron chi connectivity index (χ1n) is 7.37. The Bertz CT molecular complexity index is 487. The minimum Gasteiger partial charge on any atom is -0.496 e. The Hall–Kier alpha value is -1.07. The number of piperidine rings is 1. The number of carbonyl (C=O) groups excluding carboxylic acids is 1. The fourth-order valence-electron chi connectivity index (χ4n) is 2.70. The molecule has 1 saturated heterocycles. The lowest BCUT2D eigenvalue weighted by atomic mass is 9.94. The third-order valence-electron chi connectivity index (χ3n) is 4.00. The Kier molecular flexibility index (Phi) is 6.06. The highest BCUT2D eigenvalue weighted by atomic mass is 79.9. The number of halogens is 1. The number of amides is 1. The van der Waals surface area contributed by atoms with Crippen molar-refractivity contribution in [1.82, 2.24) is 10.2 Å². The number of benzene rings is 1. The lowest BCUT2D eigenvalue weighted by Gasteiger charge is -2.25. The zero-order chi connectivity index (χ0) is 15.2. The number of ether oxygens (including phenoxy) is 1. The molecule has 4 nitrogen and oxygen atoms in total. The first-order valence-corrected chi connectivity index (χ1v) is 8.16. The Morgan fingerprint density at radius 3 is 2.81 bits per heavy atom. The molecule has 1 aliphatic rings. The standard InChI is InChI=1S/C16H23BrN2O2/c1-19(16(20)9-12-5-7-18-8-6-12)11-13-10-14(17)3-4-15(13)21-2/h3-4,10,12,18H,5-9,11H2,1-2H3. The fraction of sp³-hybridized carbons (Fsp3) is 0.562. The molecule has 1 heterocycles. The summed E-state index contributed by atoms with van der Waals surface area (Å²) in [6.07, 6.45) is 2.84. The van der Waals surface area contributed by atoms with Gasteiger partial charge in [-0.3, -0.25) is 4.79 Å². The van der Waals surface area contributed by atoms with Crippen molar-refractivity contribution in [3.05, 3.63) is 28.2 Å². The van der Waals surface area contributed by atoms with Gasteiger partial charge in [0.15, 0.2) is 0 Å². The molecular weight excluding hydrogens is 332 g/mol. The summed E-state index contributed by atoms with van der Waals surface area (Å²) in [5, 5.41) is 3.33. The number of hydrogen-bond acceptors (Lipinski definition) is 3. The highest BCUT2D eigenvalue weighted by Gasteiger charge is 2.19. The van der Waals surface area contributed by atoms with Gasteiger partial charge in [0.2, 0.25) is 5.91 Å². The molecule has 116 valence electrons. The lowest BCUT2D eigenvalue weighted by Crippen LogP contribution is -2.33. The van der Waals surface area contributed by atoms with Crippen LogP contribution in [0.2, 0.25) is 0 Å². The Labute approximate surface area is 135 Å². The van der Waals surface area contributed by atoms with Crippen LogP contribution in [-0.4, -0.2) is 38.1 Å². The van der Waals surface area contributed by atoms with E-state index in [2.05, 4.69) is 21.2 Å². The third kappa shape index (κ3) is 4.71. The SMILES string of the molecule is COc1ccc(Br)cc1CN(C)C(=O)CC1CCNCC1. The molecule has 1 aromatic carbocycles. The van der Waals surface area contributed by atoms with Gasteiger partial charge in [0.05, 0.1) is 7.11 Å². The molecule has 0 aromatic heterocycles. The van der Waals surface area contributed by atoms with Gasteiger partial charge < -0.3 is 15.0 Å². The number of nitrogens with one attached hydrogen (secondary N) is 1. The van der Waals surface area contributed by atoms with Crippen LogP contribution in [0.25, 0.3) is 0 Å². The van der Waals surface area contributed by atoms with Crippen LogP contribution in [0.4, 0.5) is 0 Å². The first-order chi connectivity index (χ1) is 10.1. The highest BCUT2D eigenvalue weighted by molar-refractivity contribution is 9.10. The smallest absolute Gasteiger partial charge is 0.222 e. The summed E-state index contributed by atoms with van der Waals surface area (Å²) in [7, 11) is 3.52. The molecule has 0 unspecified atom stereocenters. The second-order valence-corrected chi connectivity index (χ2v) is 6.52. The van der Waals surface area contributed by atoms with Crippen LogP contribution >= 0.6 is 15.9 Å². The summed E-state index contributed by atoms with van der Waals surface area (Å²) in [6.45, 7) is 2.63. The van der Waals surface area contributed by atoms with Crippen LogP contribution in [0.15, 0.2) is 22.7 Å². The predicted octanol–water partition coefficient (Wildman–Crippen LogP) is 2.81. The molecule has 1 fully saturated rings. The van der Waals surface area contributed by atoms with Crippen molar-refractivity contribution in [3.8, 4) is 5.75 Å². The lowest BCUT2D eigenvalue weighted by molar-refractivity contribution is -0.131. The van der Waals surface area contributed by atoms with Crippen molar-refractivity contribution < 1.29 is 9.53 Å². The summed E-state index contributed by atoms with van der Waals surface area (Å²) in [4.78, 5) is 14.2. The van der Waals surface area contributed by atoms with Gasteiger partial charge in [0, 0.05) is 30.0 Å². The van der Waals surface area contributed by atoms with Gasteiger partial charge in [0.25, 0.3) is 0 Å².